The van der Waals surface area contributed by atoms with Gasteiger partial charge in [-0.15, -0.1) is 0 Å². The Morgan fingerprint density at radius 2 is 1.24 bits per heavy atom. The molecule has 0 amide bonds. The average molecular weight is 801 g/mol. The van der Waals surface area contributed by atoms with Crippen LogP contribution < -0.4 is 5.01 Å². The number of anilines is 1. The van der Waals surface area contributed by atoms with Gasteiger partial charge in [0.15, 0.2) is 5.82 Å². The van der Waals surface area contributed by atoms with Gasteiger partial charge in [0.1, 0.15) is 0 Å². The first-order chi connectivity index (χ1) is 30.3. The highest BCUT2D eigenvalue weighted by Crippen LogP contribution is 2.44. The molecule has 0 radical (unpaired) electrons. The van der Waals surface area contributed by atoms with Gasteiger partial charge in [0, 0.05) is 39.7 Å². The molecule has 300 valence electrons. The van der Waals surface area contributed by atoms with E-state index >= 15 is 0 Å². The van der Waals surface area contributed by atoms with Crippen LogP contribution in [0.3, 0.4) is 0 Å². The molecule has 7 aromatic carbocycles. The predicted molar refractivity (Wildman–Crippen MR) is 260 cm³/mol. The van der Waals surface area contributed by atoms with Gasteiger partial charge in [-0.25, -0.2) is 19.7 Å². The summed E-state index contributed by atoms with van der Waals surface area (Å²) in [6.07, 6.45) is 9.88. The molecular weight excluding hydrogens is 753 g/mol. The summed E-state index contributed by atoms with van der Waals surface area (Å²) >= 11 is 0. The van der Waals surface area contributed by atoms with Crippen LogP contribution >= 0.6 is 0 Å². The van der Waals surface area contributed by atoms with Gasteiger partial charge in [-0.05, 0) is 113 Å². The Morgan fingerprint density at radius 1 is 0.629 bits per heavy atom. The molecule has 10 rings (SSSR count). The van der Waals surface area contributed by atoms with E-state index < -0.39 is 0 Å². The minimum atomic E-state index is -0.0306. The van der Waals surface area contributed by atoms with Crippen molar-refractivity contribution in [3.63, 3.8) is 0 Å². The van der Waals surface area contributed by atoms with Crippen LogP contribution in [-0.2, 0) is 11.8 Å². The number of rotatable bonds is 10. The van der Waals surface area contributed by atoms with E-state index in [-0.39, 0.29) is 5.41 Å². The Kier molecular flexibility index (Phi) is 10.1. The van der Waals surface area contributed by atoms with Crippen LogP contribution in [0.5, 0.6) is 0 Å². The zero-order chi connectivity index (χ0) is 42.2. The van der Waals surface area contributed by atoms with E-state index in [1.54, 1.807) is 12.4 Å². The Bertz CT molecular complexity index is 3140. The molecular formula is C58H48N4. The Morgan fingerprint density at radius 3 is 1.94 bits per heavy atom. The summed E-state index contributed by atoms with van der Waals surface area (Å²) in [6, 6.07) is 63.0. The van der Waals surface area contributed by atoms with Crippen molar-refractivity contribution in [2.24, 2.45) is 0 Å². The molecule has 62 heavy (non-hydrogen) atoms. The normalized spacial score (nSPS) is 13.5. The molecule has 0 unspecified atom stereocenters. The van der Waals surface area contributed by atoms with Crippen molar-refractivity contribution in [2.45, 2.75) is 39.0 Å². The standard InChI is InChI=1S/C58H48N4/c1-40(18-16-26-46-36-48-25-14-15-27-54(48)58(3,4)41(46)2)61(50-31-28-45(29-32-50)57-59-34-17-35-60-57)62-55-39-47(42-19-8-5-9-20-42)30-33-51(55)53-38-49(43-21-10-6-11-22-43)37-52(56(53)62)44-23-12-7-13-24-44/h5-25,27-35,37-39H,1,26,36H2,2-4H3/b18-16-. The monoisotopic (exact) mass is 800 g/mol. The van der Waals surface area contributed by atoms with Crippen molar-refractivity contribution < 1.29 is 0 Å². The van der Waals surface area contributed by atoms with Gasteiger partial charge < -0.3 is 0 Å². The van der Waals surface area contributed by atoms with Gasteiger partial charge >= 0.3 is 0 Å². The van der Waals surface area contributed by atoms with Gasteiger partial charge in [-0.2, -0.15) is 0 Å². The number of benzene rings is 7. The van der Waals surface area contributed by atoms with Crippen LogP contribution in [0.1, 0.15) is 38.3 Å². The van der Waals surface area contributed by atoms with E-state index in [0.29, 0.717) is 5.82 Å². The maximum absolute atomic E-state index is 4.87. The third-order valence-electron chi connectivity index (χ3n) is 12.8. The molecule has 4 heteroatoms. The molecule has 0 atom stereocenters. The maximum Gasteiger partial charge on any atom is 0.159 e. The van der Waals surface area contributed by atoms with Crippen molar-refractivity contribution in [3.8, 4) is 44.8 Å². The number of hydrogen-bond donors (Lipinski definition) is 0. The number of nitrogens with zero attached hydrogens (tertiary/aromatic N) is 4. The minimum absolute atomic E-state index is 0.0306. The first-order valence-corrected chi connectivity index (χ1v) is 21.4. The van der Waals surface area contributed by atoms with Gasteiger partial charge in [0.25, 0.3) is 0 Å². The predicted octanol–water partition coefficient (Wildman–Crippen LogP) is 14.8. The van der Waals surface area contributed by atoms with Crippen LogP contribution in [0.2, 0.25) is 0 Å². The third-order valence-corrected chi connectivity index (χ3v) is 12.8. The number of allylic oxidation sites excluding steroid dienone is 4. The lowest BCUT2D eigenvalue weighted by atomic mass is 9.69. The number of fused-ring (bicyclic) bond motifs is 4. The second-order valence-corrected chi connectivity index (χ2v) is 16.8. The Balaban J connectivity index is 1.20. The largest absolute Gasteiger partial charge is 0.250 e. The lowest BCUT2D eigenvalue weighted by Gasteiger charge is -2.36. The van der Waals surface area contributed by atoms with Gasteiger partial charge in [0.2, 0.25) is 0 Å². The highest BCUT2D eigenvalue weighted by Gasteiger charge is 2.31. The van der Waals surface area contributed by atoms with Crippen LogP contribution in [0.25, 0.3) is 66.6 Å². The van der Waals surface area contributed by atoms with Gasteiger partial charge in [0.05, 0.1) is 22.4 Å². The lowest BCUT2D eigenvalue weighted by molar-refractivity contribution is 0.587. The van der Waals surface area contributed by atoms with E-state index in [1.165, 1.54) is 38.8 Å². The first-order valence-electron chi connectivity index (χ1n) is 21.4. The van der Waals surface area contributed by atoms with Crippen LogP contribution in [0, 0.1) is 0 Å². The molecule has 4 nitrogen and oxygen atoms in total. The highest BCUT2D eigenvalue weighted by atomic mass is 15.6. The van der Waals surface area contributed by atoms with Crippen molar-refractivity contribution in [2.75, 3.05) is 5.01 Å². The van der Waals surface area contributed by atoms with Gasteiger partial charge in [-0.3, -0.25) is 0 Å². The summed E-state index contributed by atoms with van der Waals surface area (Å²) in [5, 5.41) is 4.62. The first kappa shape index (κ1) is 38.6. The fourth-order valence-corrected chi connectivity index (χ4v) is 9.31. The molecule has 0 aliphatic heterocycles. The molecule has 0 saturated carbocycles. The molecule has 0 bridgehead atoms. The summed E-state index contributed by atoms with van der Waals surface area (Å²) in [7, 11) is 0. The summed E-state index contributed by atoms with van der Waals surface area (Å²) in [5.74, 6) is 0.689. The average Bonchev–Trinajstić information content (AvgIpc) is 3.65. The molecule has 9 aromatic rings. The van der Waals surface area contributed by atoms with E-state index in [0.717, 1.165) is 68.5 Å². The molecule has 0 saturated heterocycles. The van der Waals surface area contributed by atoms with Crippen LogP contribution in [-0.4, -0.2) is 14.6 Å². The summed E-state index contributed by atoms with van der Waals surface area (Å²) in [6.45, 7) is 11.9. The molecule has 0 fully saturated rings. The lowest BCUT2D eigenvalue weighted by Crippen LogP contribution is -2.28. The van der Waals surface area contributed by atoms with E-state index in [9.17, 15) is 0 Å². The quantitative estimate of drug-likeness (QED) is 0.102. The summed E-state index contributed by atoms with van der Waals surface area (Å²) in [5.41, 5.74) is 17.6. The zero-order valence-electron chi connectivity index (χ0n) is 35.5. The number of aromatic nitrogens is 3. The summed E-state index contributed by atoms with van der Waals surface area (Å²) in [4.78, 5) is 9.12. The zero-order valence-corrected chi connectivity index (χ0v) is 35.5. The third kappa shape index (κ3) is 7.04. The van der Waals surface area contributed by atoms with E-state index in [4.69, 9.17) is 6.58 Å². The highest BCUT2D eigenvalue weighted by molar-refractivity contribution is 6.15. The van der Waals surface area contributed by atoms with Crippen molar-refractivity contribution in [3.05, 3.63) is 235 Å². The minimum Gasteiger partial charge on any atom is -0.250 e. The topological polar surface area (TPSA) is 34.0 Å². The van der Waals surface area contributed by atoms with E-state index in [2.05, 4.69) is 222 Å². The number of hydrogen-bond acceptors (Lipinski definition) is 3. The second-order valence-electron chi connectivity index (χ2n) is 16.8. The second kappa shape index (κ2) is 16.1. The van der Waals surface area contributed by atoms with Crippen LogP contribution in [0.15, 0.2) is 224 Å². The molecule has 0 N–H and O–H groups in total. The van der Waals surface area contributed by atoms with Crippen LogP contribution in [0.4, 0.5) is 5.69 Å². The van der Waals surface area contributed by atoms with Crippen molar-refractivity contribution >= 4 is 27.5 Å². The fraction of sp³-hybridized carbons (Fsp3) is 0.103. The Labute approximate surface area is 364 Å². The van der Waals surface area contributed by atoms with E-state index in [1.807, 2.05) is 6.07 Å². The van der Waals surface area contributed by atoms with Crippen molar-refractivity contribution in [1.29, 1.82) is 0 Å². The molecule has 1 aliphatic carbocycles. The molecule has 0 spiro atoms. The van der Waals surface area contributed by atoms with Gasteiger partial charge in [-0.1, -0.05) is 165 Å². The molecule has 1 aliphatic rings. The molecule has 2 heterocycles. The molecule has 2 aromatic heterocycles. The van der Waals surface area contributed by atoms with Crippen molar-refractivity contribution in [1.82, 2.24) is 14.6 Å². The maximum atomic E-state index is 4.87. The SMILES string of the molecule is C=C(/C=C\CC1=C(C)C(C)(C)c2ccccc2C1)N(c1ccc(-c2ncccn2)cc1)n1c2cc(-c3ccccc3)ccc2c2cc(-c3ccccc3)cc(-c3ccccc3)c21. The Hall–Kier alpha value is -7.56. The fourth-order valence-electron chi connectivity index (χ4n) is 9.31. The summed E-state index contributed by atoms with van der Waals surface area (Å²) < 4.78 is 2.40. The smallest absolute Gasteiger partial charge is 0.159 e.